The van der Waals surface area contributed by atoms with E-state index in [0.29, 0.717) is 12.8 Å². The molecule has 0 saturated carbocycles. The predicted octanol–water partition coefficient (Wildman–Crippen LogP) is 2.90. The Morgan fingerprint density at radius 3 is 2.58 bits per heavy atom. The highest BCUT2D eigenvalue weighted by Crippen LogP contribution is 2.13. The molecule has 0 aliphatic carbocycles. The fraction of sp³-hybridized carbons (Fsp3) is 0.375. The predicted molar refractivity (Wildman–Crippen MR) is 80.3 cm³/mol. The monoisotopic (exact) mass is 258 g/mol. The van der Waals surface area contributed by atoms with Gasteiger partial charge in [0, 0.05) is 31.2 Å². The summed E-state index contributed by atoms with van der Waals surface area (Å²) in [4.78, 5) is 16.1. The maximum Gasteiger partial charge on any atom is 0.154 e. The molecule has 1 heterocycles. The van der Waals surface area contributed by atoms with Crippen LogP contribution in [0.4, 0.5) is 0 Å². The van der Waals surface area contributed by atoms with Gasteiger partial charge in [0.05, 0.1) is 6.04 Å². The van der Waals surface area contributed by atoms with Crippen LogP contribution in [0.5, 0.6) is 0 Å². The van der Waals surface area contributed by atoms with Crippen molar-refractivity contribution < 1.29 is 4.79 Å². The summed E-state index contributed by atoms with van der Waals surface area (Å²) in [6, 6.07) is 9.23. The van der Waals surface area contributed by atoms with Gasteiger partial charge in [-0.25, -0.2) is 0 Å². The van der Waals surface area contributed by atoms with Gasteiger partial charge in [-0.1, -0.05) is 50.3 Å². The average Bonchev–Trinajstić information content (AvgIpc) is 2.95. The molecule has 0 fully saturated rings. The molecule has 1 aromatic carbocycles. The van der Waals surface area contributed by atoms with Crippen molar-refractivity contribution in [3.05, 3.63) is 47.7 Å². The molecule has 0 saturated heterocycles. The molecule has 0 spiro atoms. The number of ketones is 1. The van der Waals surface area contributed by atoms with E-state index in [1.165, 1.54) is 0 Å². The van der Waals surface area contributed by atoms with E-state index in [0.717, 1.165) is 17.7 Å². The molecule has 1 atom stereocenters. The Morgan fingerprint density at radius 1 is 1.32 bits per heavy atom. The molecule has 19 heavy (non-hydrogen) atoms. The third kappa shape index (κ3) is 5.18. The number of nitrogens with two attached hydrogens (primary N) is 1. The van der Waals surface area contributed by atoms with Crippen molar-refractivity contribution in [2.24, 2.45) is 10.7 Å². The van der Waals surface area contributed by atoms with Crippen molar-refractivity contribution in [3.63, 3.8) is 0 Å². The lowest BCUT2D eigenvalue weighted by Gasteiger charge is -2.09. The van der Waals surface area contributed by atoms with E-state index in [4.69, 9.17) is 5.73 Å². The zero-order valence-electron chi connectivity index (χ0n) is 11.7. The van der Waals surface area contributed by atoms with Gasteiger partial charge >= 0.3 is 0 Å². The SMILES string of the molecule is CC.N[C@@H](CC1=CCC=N1)C(=O)Cc1ccccc1. The first-order valence-electron chi connectivity index (χ1n) is 6.79. The Morgan fingerprint density at radius 2 is 2.00 bits per heavy atom. The Kier molecular flexibility index (Phi) is 6.75. The zero-order valence-corrected chi connectivity index (χ0v) is 11.7. The number of carbonyl (C=O) groups excluding carboxylic acids is 1. The van der Waals surface area contributed by atoms with Gasteiger partial charge < -0.3 is 5.73 Å². The lowest BCUT2D eigenvalue weighted by molar-refractivity contribution is -0.119. The molecular formula is C16H22N2O. The Balaban J connectivity index is 0.000000861. The van der Waals surface area contributed by atoms with Crippen molar-refractivity contribution in [2.45, 2.75) is 39.2 Å². The number of hydrogen-bond donors (Lipinski definition) is 1. The van der Waals surface area contributed by atoms with Crippen LogP contribution in [-0.4, -0.2) is 18.0 Å². The van der Waals surface area contributed by atoms with Crippen LogP contribution in [0.15, 0.2) is 47.1 Å². The van der Waals surface area contributed by atoms with Gasteiger partial charge in [0.15, 0.2) is 5.78 Å². The quantitative estimate of drug-likeness (QED) is 0.883. The number of benzene rings is 1. The summed E-state index contributed by atoms with van der Waals surface area (Å²) in [5.74, 6) is 0.0687. The summed E-state index contributed by atoms with van der Waals surface area (Å²) in [5.41, 5.74) is 7.82. The fourth-order valence-electron chi connectivity index (χ4n) is 1.81. The summed E-state index contributed by atoms with van der Waals surface area (Å²) in [7, 11) is 0. The number of aliphatic imine (C=N–C) groups is 1. The average molecular weight is 258 g/mol. The zero-order chi connectivity index (χ0) is 14.1. The first kappa shape index (κ1) is 15.3. The van der Waals surface area contributed by atoms with Crippen LogP contribution in [0, 0.1) is 0 Å². The molecule has 0 bridgehead atoms. The molecule has 1 aromatic rings. The van der Waals surface area contributed by atoms with E-state index >= 15 is 0 Å². The topological polar surface area (TPSA) is 55.4 Å². The summed E-state index contributed by atoms with van der Waals surface area (Å²) in [5, 5.41) is 0. The molecule has 0 amide bonds. The van der Waals surface area contributed by atoms with Crippen LogP contribution in [0.25, 0.3) is 0 Å². The molecule has 2 rings (SSSR count). The van der Waals surface area contributed by atoms with Crippen LogP contribution in [0.1, 0.15) is 32.3 Å². The van der Waals surface area contributed by atoms with Crippen molar-refractivity contribution in [1.82, 2.24) is 0 Å². The van der Waals surface area contributed by atoms with Crippen LogP contribution in [-0.2, 0) is 11.2 Å². The maximum absolute atomic E-state index is 11.9. The Hall–Kier alpha value is -1.74. The number of allylic oxidation sites excluding steroid dienone is 1. The highest BCUT2D eigenvalue weighted by atomic mass is 16.1. The third-order valence-electron chi connectivity index (χ3n) is 2.78. The number of rotatable bonds is 5. The minimum atomic E-state index is -0.447. The van der Waals surface area contributed by atoms with Crippen molar-refractivity contribution in [3.8, 4) is 0 Å². The number of Topliss-reactive ketones (excluding diaryl/α,β-unsaturated/α-hetero) is 1. The first-order valence-corrected chi connectivity index (χ1v) is 6.79. The van der Waals surface area contributed by atoms with Crippen LogP contribution in [0.2, 0.25) is 0 Å². The fourth-order valence-corrected chi connectivity index (χ4v) is 1.81. The molecule has 0 aromatic heterocycles. The van der Waals surface area contributed by atoms with Gasteiger partial charge in [-0.2, -0.15) is 0 Å². The van der Waals surface area contributed by atoms with Crippen molar-refractivity contribution in [1.29, 1.82) is 0 Å². The number of carbonyl (C=O) groups is 1. The number of hydrogen-bond acceptors (Lipinski definition) is 3. The van der Waals surface area contributed by atoms with Crippen LogP contribution < -0.4 is 5.73 Å². The molecule has 3 heteroatoms. The van der Waals surface area contributed by atoms with Gasteiger partial charge in [-0.3, -0.25) is 9.79 Å². The molecule has 102 valence electrons. The van der Waals surface area contributed by atoms with Gasteiger partial charge in [-0.05, 0) is 5.56 Å². The van der Waals surface area contributed by atoms with E-state index < -0.39 is 6.04 Å². The van der Waals surface area contributed by atoms with Crippen LogP contribution in [0.3, 0.4) is 0 Å². The summed E-state index contributed by atoms with van der Waals surface area (Å²) < 4.78 is 0. The standard InChI is InChI=1S/C14H16N2O.C2H6/c15-13(10-12-7-4-8-16-12)14(17)9-11-5-2-1-3-6-11;1-2/h1-3,5-8,13H,4,9-10,15H2;1-2H3/t13-;/m0./s1. The minimum absolute atomic E-state index is 0.0687. The maximum atomic E-state index is 11.9. The Labute approximate surface area is 115 Å². The summed E-state index contributed by atoms with van der Waals surface area (Å²) in [6.45, 7) is 4.00. The van der Waals surface area contributed by atoms with Gasteiger partial charge in [-0.15, -0.1) is 0 Å². The van der Waals surface area contributed by atoms with E-state index in [1.54, 1.807) is 0 Å². The van der Waals surface area contributed by atoms with Crippen molar-refractivity contribution in [2.75, 3.05) is 0 Å². The van der Waals surface area contributed by atoms with Crippen molar-refractivity contribution >= 4 is 12.0 Å². The molecule has 1 aliphatic heterocycles. The second-order valence-corrected chi connectivity index (χ2v) is 4.18. The molecule has 0 unspecified atom stereocenters. The smallest absolute Gasteiger partial charge is 0.154 e. The lowest BCUT2D eigenvalue weighted by Crippen LogP contribution is -2.32. The molecule has 2 N–H and O–H groups in total. The third-order valence-corrected chi connectivity index (χ3v) is 2.78. The highest BCUT2D eigenvalue weighted by Gasteiger charge is 2.16. The Bertz CT molecular complexity index is 449. The second kappa shape index (κ2) is 8.38. The van der Waals surface area contributed by atoms with Gasteiger partial charge in [0.2, 0.25) is 0 Å². The molecule has 1 aliphatic rings. The number of nitrogens with zero attached hydrogens (tertiary/aromatic N) is 1. The second-order valence-electron chi connectivity index (χ2n) is 4.18. The van der Waals surface area contributed by atoms with E-state index in [2.05, 4.69) is 4.99 Å². The van der Waals surface area contributed by atoms with E-state index in [-0.39, 0.29) is 5.78 Å². The first-order chi connectivity index (χ1) is 9.25. The van der Waals surface area contributed by atoms with Gasteiger partial charge in [0.25, 0.3) is 0 Å². The molecule has 3 nitrogen and oxygen atoms in total. The summed E-state index contributed by atoms with van der Waals surface area (Å²) >= 11 is 0. The van der Waals surface area contributed by atoms with E-state index in [1.807, 2.05) is 56.5 Å². The van der Waals surface area contributed by atoms with Gasteiger partial charge in [0.1, 0.15) is 0 Å². The normalized spacial score (nSPS) is 14.4. The molecule has 0 radical (unpaired) electrons. The van der Waals surface area contributed by atoms with E-state index in [9.17, 15) is 4.79 Å². The molecular weight excluding hydrogens is 236 g/mol. The lowest BCUT2D eigenvalue weighted by atomic mass is 10.0. The largest absolute Gasteiger partial charge is 0.321 e. The van der Waals surface area contributed by atoms with Crippen LogP contribution >= 0.6 is 0 Å². The summed E-state index contributed by atoms with van der Waals surface area (Å²) in [6.07, 6.45) is 5.65. The highest BCUT2D eigenvalue weighted by molar-refractivity contribution is 5.86. The minimum Gasteiger partial charge on any atom is -0.321 e.